The molecule has 0 aliphatic heterocycles. The van der Waals surface area contributed by atoms with E-state index < -0.39 is 4.92 Å². The second kappa shape index (κ2) is 5.14. The summed E-state index contributed by atoms with van der Waals surface area (Å²) in [7, 11) is 0. The van der Waals surface area contributed by atoms with E-state index in [4.69, 9.17) is 11.6 Å². The lowest BCUT2D eigenvalue weighted by atomic mass is 10.1. The highest BCUT2D eigenvalue weighted by molar-refractivity contribution is 6.17. The number of hydrogen-bond donors (Lipinski definition) is 0. The Hall–Kier alpha value is -1.94. The van der Waals surface area contributed by atoms with Crippen LogP contribution in [-0.2, 0) is 5.88 Å². The topological polar surface area (TPSA) is 56.0 Å². The Balaban J connectivity index is 2.36. The number of non-ortho nitro benzene ring substituents is 1. The highest BCUT2D eigenvalue weighted by Gasteiger charge is 2.07. The number of benzene rings is 1. The predicted octanol–water partition coefficient (Wildman–Crippen LogP) is 3.70. The number of aryl methyl sites for hydroxylation is 1. The zero-order chi connectivity index (χ0) is 13.1. The quantitative estimate of drug-likeness (QED) is 0.481. The summed E-state index contributed by atoms with van der Waals surface area (Å²) in [5.41, 5.74) is 3.58. The fraction of sp³-hybridized carbons (Fsp3) is 0.154. The van der Waals surface area contributed by atoms with Crippen LogP contribution in [0.3, 0.4) is 0 Å². The van der Waals surface area contributed by atoms with E-state index in [1.807, 2.05) is 19.1 Å². The number of rotatable bonds is 3. The van der Waals surface area contributed by atoms with Crippen molar-refractivity contribution in [3.05, 3.63) is 57.8 Å². The third kappa shape index (κ3) is 2.49. The van der Waals surface area contributed by atoms with Crippen molar-refractivity contribution in [1.82, 2.24) is 4.98 Å². The molecule has 0 aliphatic carbocycles. The third-order valence-electron chi connectivity index (χ3n) is 2.71. The van der Waals surface area contributed by atoms with Crippen molar-refractivity contribution in [2.24, 2.45) is 0 Å². The molecule has 2 aromatic rings. The molecule has 0 N–H and O–H groups in total. The Bertz CT molecular complexity index is 582. The highest BCUT2D eigenvalue weighted by atomic mass is 35.5. The lowest BCUT2D eigenvalue weighted by Gasteiger charge is -2.05. The molecule has 0 aliphatic rings. The average Bonchev–Trinajstić information content (AvgIpc) is 2.38. The summed E-state index contributed by atoms with van der Waals surface area (Å²) < 4.78 is 0. The van der Waals surface area contributed by atoms with Gasteiger partial charge in [-0.3, -0.25) is 15.1 Å². The van der Waals surface area contributed by atoms with Gasteiger partial charge in [0.25, 0.3) is 5.69 Å². The average molecular weight is 263 g/mol. The van der Waals surface area contributed by atoms with Crippen LogP contribution in [0.15, 0.2) is 36.4 Å². The van der Waals surface area contributed by atoms with Gasteiger partial charge in [-0.25, -0.2) is 0 Å². The standard InChI is InChI=1S/C13H11ClN2O2/c1-9-11(8-14)4-7-13(15-9)10-2-5-12(6-3-10)16(17)18/h2-7H,8H2,1H3. The number of alkyl halides is 1. The Morgan fingerprint density at radius 2 is 1.89 bits per heavy atom. The molecule has 5 heteroatoms. The Morgan fingerprint density at radius 3 is 2.39 bits per heavy atom. The van der Waals surface area contributed by atoms with Crippen molar-refractivity contribution in [1.29, 1.82) is 0 Å². The van der Waals surface area contributed by atoms with Crippen molar-refractivity contribution in [2.45, 2.75) is 12.8 Å². The molecule has 0 atom stereocenters. The van der Waals surface area contributed by atoms with Gasteiger partial charge in [0, 0.05) is 29.3 Å². The molecule has 1 aromatic heterocycles. The van der Waals surface area contributed by atoms with Gasteiger partial charge in [0.1, 0.15) is 0 Å². The van der Waals surface area contributed by atoms with Crippen molar-refractivity contribution < 1.29 is 4.92 Å². The second-order valence-corrected chi connectivity index (χ2v) is 4.15. The fourth-order valence-corrected chi connectivity index (χ4v) is 1.93. The maximum absolute atomic E-state index is 10.6. The molecule has 1 aromatic carbocycles. The van der Waals surface area contributed by atoms with Gasteiger partial charge < -0.3 is 0 Å². The first kappa shape index (κ1) is 12.5. The van der Waals surface area contributed by atoms with Gasteiger partial charge in [0.05, 0.1) is 10.6 Å². The molecular formula is C13H11ClN2O2. The first-order valence-electron chi connectivity index (χ1n) is 5.39. The molecule has 0 unspecified atom stereocenters. The molecule has 0 radical (unpaired) electrons. The Kier molecular flexibility index (Phi) is 3.58. The zero-order valence-corrected chi connectivity index (χ0v) is 10.5. The van der Waals surface area contributed by atoms with Crippen LogP contribution in [0, 0.1) is 17.0 Å². The van der Waals surface area contributed by atoms with E-state index in [2.05, 4.69) is 4.98 Å². The highest BCUT2D eigenvalue weighted by Crippen LogP contribution is 2.22. The third-order valence-corrected chi connectivity index (χ3v) is 3.00. The number of nitro groups is 1. The molecule has 0 spiro atoms. The van der Waals surface area contributed by atoms with Crippen LogP contribution in [0.4, 0.5) is 5.69 Å². The van der Waals surface area contributed by atoms with Crippen LogP contribution in [0.5, 0.6) is 0 Å². The van der Waals surface area contributed by atoms with E-state index in [9.17, 15) is 10.1 Å². The number of nitro benzene ring substituents is 1. The maximum Gasteiger partial charge on any atom is 0.269 e. The molecule has 0 saturated carbocycles. The maximum atomic E-state index is 10.6. The van der Waals surface area contributed by atoms with Crippen LogP contribution in [0.2, 0.25) is 0 Å². The summed E-state index contributed by atoms with van der Waals surface area (Å²) in [6.45, 7) is 1.90. The summed E-state index contributed by atoms with van der Waals surface area (Å²) in [5, 5.41) is 10.6. The molecule has 4 nitrogen and oxygen atoms in total. The molecule has 18 heavy (non-hydrogen) atoms. The van der Waals surface area contributed by atoms with Crippen LogP contribution in [0.1, 0.15) is 11.3 Å². The molecule has 0 fully saturated rings. The lowest BCUT2D eigenvalue weighted by molar-refractivity contribution is -0.384. The molecule has 92 valence electrons. The SMILES string of the molecule is Cc1nc(-c2ccc([N+](=O)[O-])cc2)ccc1CCl. The van der Waals surface area contributed by atoms with Crippen LogP contribution < -0.4 is 0 Å². The molecule has 0 saturated heterocycles. The van der Waals surface area contributed by atoms with Gasteiger partial charge in [0.15, 0.2) is 0 Å². The number of halogens is 1. The normalized spacial score (nSPS) is 10.3. The number of nitrogens with zero attached hydrogens (tertiary/aromatic N) is 2. The number of hydrogen-bond acceptors (Lipinski definition) is 3. The smallest absolute Gasteiger partial charge is 0.258 e. The Morgan fingerprint density at radius 1 is 1.22 bits per heavy atom. The minimum absolute atomic E-state index is 0.0767. The van der Waals surface area contributed by atoms with Crippen LogP contribution >= 0.6 is 11.6 Å². The molecule has 0 bridgehead atoms. The summed E-state index contributed by atoms with van der Waals surface area (Å²) >= 11 is 5.77. The van der Waals surface area contributed by atoms with Crippen LogP contribution in [-0.4, -0.2) is 9.91 Å². The van der Waals surface area contributed by atoms with E-state index in [0.29, 0.717) is 5.88 Å². The van der Waals surface area contributed by atoms with Crippen molar-refractivity contribution in [3.63, 3.8) is 0 Å². The van der Waals surface area contributed by atoms with E-state index in [-0.39, 0.29) is 5.69 Å². The molecule has 1 heterocycles. The monoisotopic (exact) mass is 262 g/mol. The van der Waals surface area contributed by atoms with Gasteiger partial charge >= 0.3 is 0 Å². The molecule has 0 amide bonds. The van der Waals surface area contributed by atoms with E-state index in [1.54, 1.807) is 12.1 Å². The largest absolute Gasteiger partial charge is 0.269 e. The van der Waals surface area contributed by atoms with Gasteiger partial charge in [-0.15, -0.1) is 11.6 Å². The number of aromatic nitrogens is 1. The number of pyridine rings is 1. The van der Waals surface area contributed by atoms with Crippen molar-refractivity contribution in [2.75, 3.05) is 0 Å². The first-order valence-corrected chi connectivity index (χ1v) is 5.92. The van der Waals surface area contributed by atoms with E-state index in [0.717, 1.165) is 22.5 Å². The summed E-state index contributed by atoms with van der Waals surface area (Å²) in [6, 6.07) is 10.1. The summed E-state index contributed by atoms with van der Waals surface area (Å²) in [4.78, 5) is 14.6. The van der Waals surface area contributed by atoms with Gasteiger partial charge in [-0.1, -0.05) is 6.07 Å². The Labute approximate surface area is 109 Å². The van der Waals surface area contributed by atoms with Crippen molar-refractivity contribution in [3.8, 4) is 11.3 Å². The van der Waals surface area contributed by atoms with Gasteiger partial charge in [-0.2, -0.15) is 0 Å². The summed E-state index contributed by atoms with van der Waals surface area (Å²) in [6.07, 6.45) is 0. The first-order chi connectivity index (χ1) is 8.61. The van der Waals surface area contributed by atoms with E-state index in [1.165, 1.54) is 12.1 Å². The van der Waals surface area contributed by atoms with Crippen molar-refractivity contribution >= 4 is 17.3 Å². The fourth-order valence-electron chi connectivity index (χ4n) is 1.65. The minimum atomic E-state index is -0.418. The predicted molar refractivity (Wildman–Crippen MR) is 70.6 cm³/mol. The summed E-state index contributed by atoms with van der Waals surface area (Å²) in [5.74, 6) is 0.430. The van der Waals surface area contributed by atoms with E-state index >= 15 is 0 Å². The lowest BCUT2D eigenvalue weighted by Crippen LogP contribution is -1.93. The molecular weight excluding hydrogens is 252 g/mol. The minimum Gasteiger partial charge on any atom is -0.258 e. The van der Waals surface area contributed by atoms with Gasteiger partial charge in [-0.05, 0) is 30.7 Å². The second-order valence-electron chi connectivity index (χ2n) is 3.88. The van der Waals surface area contributed by atoms with Crippen LogP contribution in [0.25, 0.3) is 11.3 Å². The zero-order valence-electron chi connectivity index (χ0n) is 9.76. The molecule has 2 rings (SSSR count). The van der Waals surface area contributed by atoms with Gasteiger partial charge in [0.2, 0.25) is 0 Å².